The van der Waals surface area contributed by atoms with E-state index in [1.54, 1.807) is 28.5 Å². The van der Waals surface area contributed by atoms with Gasteiger partial charge in [-0.3, -0.25) is 4.79 Å². The molecule has 0 atom stereocenters. The molecule has 1 aromatic carbocycles. The molecule has 2 aromatic rings. The van der Waals surface area contributed by atoms with Crippen molar-refractivity contribution in [3.63, 3.8) is 0 Å². The Morgan fingerprint density at radius 1 is 1.12 bits per heavy atom. The Morgan fingerprint density at radius 3 is 2.65 bits per heavy atom. The Morgan fingerprint density at radius 2 is 1.88 bits per heavy atom. The third kappa shape index (κ3) is 3.75. The highest BCUT2D eigenvalue weighted by molar-refractivity contribution is 9.10. The van der Waals surface area contributed by atoms with Crippen LogP contribution in [0.3, 0.4) is 0 Å². The number of hydrogen-bond donors (Lipinski definition) is 0. The summed E-state index contributed by atoms with van der Waals surface area (Å²) in [7, 11) is 0. The van der Waals surface area contributed by atoms with E-state index in [0.29, 0.717) is 0 Å². The van der Waals surface area contributed by atoms with E-state index in [-0.39, 0.29) is 5.56 Å². The van der Waals surface area contributed by atoms with Crippen molar-refractivity contribution in [2.45, 2.75) is 11.4 Å². The van der Waals surface area contributed by atoms with Crippen molar-refractivity contribution < 1.29 is 0 Å². The van der Waals surface area contributed by atoms with Gasteiger partial charge in [0.1, 0.15) is 0 Å². The molecule has 4 heteroatoms. The second-order valence-electron chi connectivity index (χ2n) is 3.54. The first-order valence-corrected chi connectivity index (χ1v) is 7.07. The van der Waals surface area contributed by atoms with Crippen LogP contribution in [0.1, 0.15) is 0 Å². The molecule has 0 N–H and O–H groups in total. The highest BCUT2D eigenvalue weighted by Gasteiger charge is 1.98. The highest BCUT2D eigenvalue weighted by Crippen LogP contribution is 2.17. The smallest absolute Gasteiger partial charge is 0.250 e. The van der Waals surface area contributed by atoms with Crippen LogP contribution in [0.2, 0.25) is 0 Å². The van der Waals surface area contributed by atoms with E-state index in [4.69, 9.17) is 0 Å². The number of hydrogen-bond acceptors (Lipinski definition) is 2. The minimum atomic E-state index is 0.0434. The molecular weight excluding hydrogens is 298 g/mol. The van der Waals surface area contributed by atoms with E-state index >= 15 is 0 Å². The predicted octanol–water partition coefficient (Wildman–Crippen LogP) is 3.40. The third-order valence-electron chi connectivity index (χ3n) is 2.29. The maximum atomic E-state index is 11.5. The highest BCUT2D eigenvalue weighted by atomic mass is 79.9. The lowest BCUT2D eigenvalue weighted by molar-refractivity contribution is 0.732. The van der Waals surface area contributed by atoms with Crippen molar-refractivity contribution in [3.05, 3.63) is 63.5 Å². The zero-order chi connectivity index (χ0) is 12.1. The van der Waals surface area contributed by atoms with E-state index < -0.39 is 0 Å². The summed E-state index contributed by atoms with van der Waals surface area (Å²) >= 11 is 5.12. The maximum absolute atomic E-state index is 11.5. The molecule has 0 aliphatic heterocycles. The second-order valence-corrected chi connectivity index (χ2v) is 5.62. The molecule has 17 heavy (non-hydrogen) atoms. The van der Waals surface area contributed by atoms with Gasteiger partial charge in [0.2, 0.25) is 0 Å². The van der Waals surface area contributed by atoms with Crippen molar-refractivity contribution in [1.29, 1.82) is 0 Å². The van der Waals surface area contributed by atoms with E-state index in [1.165, 1.54) is 4.90 Å². The van der Waals surface area contributed by atoms with Gasteiger partial charge in [-0.2, -0.15) is 0 Å². The minimum absolute atomic E-state index is 0.0434. The first kappa shape index (κ1) is 12.5. The Hall–Kier alpha value is -1.00. The average Bonchev–Trinajstić information content (AvgIpc) is 2.35. The number of aryl methyl sites for hydroxylation is 1. The Labute approximate surface area is 113 Å². The van der Waals surface area contributed by atoms with Crippen molar-refractivity contribution in [2.75, 3.05) is 5.75 Å². The summed E-state index contributed by atoms with van der Waals surface area (Å²) in [6.07, 6.45) is 1.83. The Kier molecular flexibility index (Phi) is 4.45. The molecule has 2 rings (SSSR count). The fraction of sp³-hybridized carbons (Fsp3) is 0.154. The van der Waals surface area contributed by atoms with Crippen LogP contribution in [0.5, 0.6) is 0 Å². The number of benzene rings is 1. The SMILES string of the molecule is O=c1ccc(Br)cn1CCSc1ccccc1. The molecule has 88 valence electrons. The van der Waals surface area contributed by atoms with E-state index in [2.05, 4.69) is 28.1 Å². The minimum Gasteiger partial charge on any atom is -0.314 e. The van der Waals surface area contributed by atoms with Crippen molar-refractivity contribution in [2.24, 2.45) is 0 Å². The molecule has 2 nitrogen and oxygen atoms in total. The zero-order valence-corrected chi connectivity index (χ0v) is 11.6. The van der Waals surface area contributed by atoms with Crippen molar-refractivity contribution in [3.8, 4) is 0 Å². The van der Waals surface area contributed by atoms with Crippen LogP contribution in [0.15, 0.2) is 62.8 Å². The van der Waals surface area contributed by atoms with Gasteiger partial charge in [0.15, 0.2) is 0 Å². The molecule has 0 spiro atoms. The average molecular weight is 310 g/mol. The largest absolute Gasteiger partial charge is 0.314 e. The Bertz CT molecular complexity index is 539. The normalized spacial score (nSPS) is 10.4. The van der Waals surface area contributed by atoms with Crippen LogP contribution in [0.4, 0.5) is 0 Å². The number of aromatic nitrogens is 1. The molecule has 0 unspecified atom stereocenters. The summed E-state index contributed by atoms with van der Waals surface area (Å²) < 4.78 is 2.65. The molecule has 0 aliphatic carbocycles. The lowest BCUT2D eigenvalue weighted by Crippen LogP contribution is -2.19. The molecular formula is C13H12BrNOS. The maximum Gasteiger partial charge on any atom is 0.250 e. The van der Waals surface area contributed by atoms with Crippen LogP contribution >= 0.6 is 27.7 Å². The summed E-state index contributed by atoms with van der Waals surface area (Å²) in [5, 5.41) is 0. The standard InChI is InChI=1S/C13H12BrNOS/c14-11-6-7-13(16)15(10-11)8-9-17-12-4-2-1-3-5-12/h1-7,10H,8-9H2. The summed E-state index contributed by atoms with van der Waals surface area (Å²) in [5.41, 5.74) is 0.0434. The monoisotopic (exact) mass is 309 g/mol. The van der Waals surface area contributed by atoms with Crippen LogP contribution in [-0.4, -0.2) is 10.3 Å². The topological polar surface area (TPSA) is 22.0 Å². The molecule has 0 amide bonds. The quantitative estimate of drug-likeness (QED) is 0.808. The van der Waals surface area contributed by atoms with Gasteiger partial charge < -0.3 is 4.57 Å². The van der Waals surface area contributed by atoms with Crippen LogP contribution in [0, 0.1) is 0 Å². The van der Waals surface area contributed by atoms with Gasteiger partial charge in [-0.15, -0.1) is 11.8 Å². The lowest BCUT2D eigenvalue weighted by atomic mass is 10.4. The summed E-state index contributed by atoms with van der Waals surface area (Å²) in [4.78, 5) is 12.8. The fourth-order valence-electron chi connectivity index (χ4n) is 1.46. The molecule has 1 aromatic heterocycles. The fourth-order valence-corrected chi connectivity index (χ4v) is 2.71. The summed E-state index contributed by atoms with van der Waals surface area (Å²) in [6, 6.07) is 13.5. The molecule has 0 fully saturated rings. The van der Waals surface area contributed by atoms with Gasteiger partial charge in [-0.05, 0) is 34.1 Å². The number of rotatable bonds is 4. The van der Waals surface area contributed by atoms with Crippen LogP contribution in [0.25, 0.3) is 0 Å². The number of pyridine rings is 1. The van der Waals surface area contributed by atoms with Crippen LogP contribution in [-0.2, 0) is 6.54 Å². The molecule has 0 saturated heterocycles. The van der Waals surface area contributed by atoms with E-state index in [0.717, 1.165) is 16.8 Å². The molecule has 1 heterocycles. The molecule has 0 aliphatic rings. The van der Waals surface area contributed by atoms with E-state index in [1.807, 2.05) is 24.4 Å². The predicted molar refractivity (Wildman–Crippen MR) is 75.6 cm³/mol. The van der Waals surface area contributed by atoms with Crippen LogP contribution < -0.4 is 5.56 Å². The zero-order valence-electron chi connectivity index (χ0n) is 9.17. The lowest BCUT2D eigenvalue weighted by Gasteiger charge is -2.05. The van der Waals surface area contributed by atoms with Gasteiger partial charge in [-0.1, -0.05) is 18.2 Å². The van der Waals surface area contributed by atoms with Gasteiger partial charge in [0, 0.05) is 33.9 Å². The van der Waals surface area contributed by atoms with Gasteiger partial charge in [0.05, 0.1) is 0 Å². The molecule has 0 saturated carbocycles. The summed E-state index contributed by atoms with van der Waals surface area (Å²) in [6.45, 7) is 0.720. The Balaban J connectivity index is 1.94. The number of nitrogens with zero attached hydrogens (tertiary/aromatic N) is 1. The van der Waals surface area contributed by atoms with Gasteiger partial charge >= 0.3 is 0 Å². The van der Waals surface area contributed by atoms with E-state index in [9.17, 15) is 4.79 Å². The number of halogens is 1. The third-order valence-corrected chi connectivity index (χ3v) is 3.75. The van der Waals surface area contributed by atoms with Crippen molar-refractivity contribution in [1.82, 2.24) is 4.57 Å². The molecule has 0 radical (unpaired) electrons. The van der Waals surface area contributed by atoms with Gasteiger partial charge in [0.25, 0.3) is 5.56 Å². The van der Waals surface area contributed by atoms with Gasteiger partial charge in [-0.25, -0.2) is 0 Å². The first-order valence-electron chi connectivity index (χ1n) is 5.29. The van der Waals surface area contributed by atoms with Crippen molar-refractivity contribution >= 4 is 27.7 Å². The number of thioether (sulfide) groups is 1. The summed E-state index contributed by atoms with van der Waals surface area (Å²) in [5.74, 6) is 0.889. The molecule has 0 bridgehead atoms. The first-order chi connectivity index (χ1) is 8.25. The second kappa shape index (κ2) is 6.07.